The summed E-state index contributed by atoms with van der Waals surface area (Å²) in [6, 6.07) is 3.87. The van der Waals surface area contributed by atoms with Crippen LogP contribution in [0.15, 0.2) is 27.2 Å². The van der Waals surface area contributed by atoms with Crippen molar-refractivity contribution in [2.45, 2.75) is 38.1 Å². The minimum atomic E-state index is -0.132. The molecule has 0 unspecified atom stereocenters. The van der Waals surface area contributed by atoms with Crippen molar-refractivity contribution >= 4 is 0 Å². The lowest BCUT2D eigenvalue weighted by atomic mass is 10.0. The van der Waals surface area contributed by atoms with E-state index < -0.39 is 0 Å². The molecule has 7 nitrogen and oxygen atoms in total. The van der Waals surface area contributed by atoms with Gasteiger partial charge in [0.05, 0.1) is 32.1 Å². The lowest BCUT2D eigenvalue weighted by Crippen LogP contribution is -2.46. The average Bonchev–Trinajstić information content (AvgIpc) is 3.30. The van der Waals surface area contributed by atoms with Gasteiger partial charge in [0, 0.05) is 0 Å². The second kappa shape index (κ2) is 6.20. The second-order valence-electron chi connectivity index (χ2n) is 5.62. The molecular formula is C15H19N3O4. The topological polar surface area (TPSA) is 73.8 Å². The van der Waals surface area contributed by atoms with Gasteiger partial charge in [-0.2, -0.15) is 0 Å². The fraction of sp³-hybridized carbons (Fsp3) is 0.600. The largest absolute Gasteiger partial charge is 0.459 e. The number of hydrogen-bond donors (Lipinski definition) is 0. The molecule has 2 aromatic rings. The summed E-state index contributed by atoms with van der Waals surface area (Å²) in [5.41, 5.74) is 0. The molecule has 22 heavy (non-hydrogen) atoms. The van der Waals surface area contributed by atoms with Crippen molar-refractivity contribution in [3.05, 3.63) is 24.3 Å². The maximum atomic E-state index is 5.70. The molecule has 0 radical (unpaired) electrons. The zero-order valence-corrected chi connectivity index (χ0v) is 12.3. The smallest absolute Gasteiger partial charge is 0.283 e. The number of nitrogens with zero attached hydrogens (tertiary/aromatic N) is 3. The van der Waals surface area contributed by atoms with E-state index in [0.717, 1.165) is 13.0 Å². The molecule has 2 aliphatic heterocycles. The number of piperidine rings is 1. The predicted molar refractivity (Wildman–Crippen MR) is 75.7 cm³/mol. The molecule has 4 rings (SSSR count). The zero-order chi connectivity index (χ0) is 14.8. The van der Waals surface area contributed by atoms with Gasteiger partial charge in [-0.15, -0.1) is 10.2 Å². The maximum Gasteiger partial charge on any atom is 0.283 e. The van der Waals surface area contributed by atoms with Crippen molar-refractivity contribution in [2.75, 3.05) is 19.8 Å². The van der Waals surface area contributed by atoms with E-state index in [4.69, 9.17) is 18.3 Å². The van der Waals surface area contributed by atoms with Crippen LogP contribution < -0.4 is 0 Å². The summed E-state index contributed by atoms with van der Waals surface area (Å²) in [6.07, 6.45) is 4.90. The van der Waals surface area contributed by atoms with Crippen molar-refractivity contribution in [1.82, 2.24) is 15.1 Å². The first-order valence-electron chi connectivity index (χ1n) is 7.74. The summed E-state index contributed by atoms with van der Waals surface area (Å²) < 4.78 is 22.3. The Balaban J connectivity index is 1.46. The van der Waals surface area contributed by atoms with Gasteiger partial charge in [-0.25, -0.2) is 0 Å². The van der Waals surface area contributed by atoms with E-state index in [-0.39, 0.29) is 12.3 Å². The number of aromatic nitrogens is 2. The van der Waals surface area contributed by atoms with Gasteiger partial charge in [-0.1, -0.05) is 6.42 Å². The van der Waals surface area contributed by atoms with Crippen molar-refractivity contribution in [3.8, 4) is 11.7 Å². The van der Waals surface area contributed by atoms with Crippen molar-refractivity contribution < 1.29 is 18.3 Å². The molecule has 0 aromatic carbocycles. The van der Waals surface area contributed by atoms with Gasteiger partial charge < -0.3 is 18.3 Å². The van der Waals surface area contributed by atoms with E-state index in [1.807, 2.05) is 0 Å². The van der Waals surface area contributed by atoms with E-state index in [9.17, 15) is 0 Å². The number of rotatable bonds is 4. The summed E-state index contributed by atoms with van der Waals surface area (Å²) in [7, 11) is 0. The Hall–Kier alpha value is -1.70. The van der Waals surface area contributed by atoms with Crippen LogP contribution in [-0.2, 0) is 16.0 Å². The highest BCUT2D eigenvalue weighted by Crippen LogP contribution is 2.26. The van der Waals surface area contributed by atoms with E-state index in [2.05, 4.69) is 15.1 Å². The summed E-state index contributed by atoms with van der Waals surface area (Å²) in [5.74, 6) is 1.61. The molecule has 2 aliphatic rings. The normalized spacial score (nSPS) is 24.1. The van der Waals surface area contributed by atoms with E-state index in [1.54, 1.807) is 18.4 Å². The van der Waals surface area contributed by atoms with Gasteiger partial charge in [0.15, 0.2) is 12.1 Å². The molecule has 4 heterocycles. The third-order valence-electron chi connectivity index (χ3n) is 4.16. The third kappa shape index (κ3) is 2.79. The molecule has 2 aromatic heterocycles. The summed E-state index contributed by atoms with van der Waals surface area (Å²) in [4.78, 5) is 2.32. The standard InChI is InChI=1S/C15H19N3O4/c1-2-6-18(11(4-1)15-20-8-9-21-15)10-13-16-17-14(22-13)12-5-3-7-19-12/h3,5,7,11,15H,1-2,4,6,8-10H2/t11-/m0/s1. The van der Waals surface area contributed by atoms with Gasteiger partial charge >= 0.3 is 0 Å². The monoisotopic (exact) mass is 305 g/mol. The zero-order valence-electron chi connectivity index (χ0n) is 12.3. The van der Waals surface area contributed by atoms with Gasteiger partial charge in [-0.05, 0) is 31.5 Å². The molecule has 1 atom stereocenters. The SMILES string of the molecule is c1coc(-c2nnc(CN3CCCC[C@H]3C3OCCO3)o2)c1. The Morgan fingerprint density at radius 1 is 1.18 bits per heavy atom. The van der Waals surface area contributed by atoms with E-state index >= 15 is 0 Å². The van der Waals surface area contributed by atoms with E-state index in [1.165, 1.54) is 12.8 Å². The Bertz CT molecular complexity index is 592. The highest BCUT2D eigenvalue weighted by molar-refractivity contribution is 5.42. The predicted octanol–water partition coefficient (Wildman–Crippen LogP) is 2.06. The number of hydrogen-bond acceptors (Lipinski definition) is 7. The fourth-order valence-electron chi connectivity index (χ4n) is 3.11. The number of ether oxygens (including phenoxy) is 2. The van der Waals surface area contributed by atoms with E-state index in [0.29, 0.717) is 37.3 Å². The lowest BCUT2D eigenvalue weighted by molar-refractivity contribution is -0.112. The van der Waals surface area contributed by atoms with Crippen LogP contribution in [0.3, 0.4) is 0 Å². The molecule has 0 aliphatic carbocycles. The van der Waals surface area contributed by atoms with Crippen LogP contribution in [0.1, 0.15) is 25.2 Å². The van der Waals surface area contributed by atoms with Gasteiger partial charge in [0.2, 0.25) is 5.89 Å². The Kier molecular flexibility index (Phi) is 3.92. The Labute approximate surface area is 128 Å². The van der Waals surface area contributed by atoms with Crippen LogP contribution >= 0.6 is 0 Å². The van der Waals surface area contributed by atoms with Crippen molar-refractivity contribution in [2.24, 2.45) is 0 Å². The third-order valence-corrected chi connectivity index (χ3v) is 4.16. The molecule has 7 heteroatoms. The van der Waals surface area contributed by atoms with Crippen LogP contribution in [0.5, 0.6) is 0 Å². The Morgan fingerprint density at radius 2 is 2.09 bits per heavy atom. The molecule has 0 saturated carbocycles. The number of furan rings is 1. The summed E-state index contributed by atoms with van der Waals surface area (Å²) >= 11 is 0. The lowest BCUT2D eigenvalue weighted by Gasteiger charge is -2.36. The van der Waals surface area contributed by atoms with Crippen molar-refractivity contribution in [1.29, 1.82) is 0 Å². The van der Waals surface area contributed by atoms with Crippen LogP contribution in [0, 0.1) is 0 Å². The second-order valence-corrected chi connectivity index (χ2v) is 5.62. The molecule has 0 N–H and O–H groups in total. The summed E-state index contributed by atoms with van der Waals surface area (Å²) in [5, 5.41) is 8.17. The number of likely N-dealkylation sites (tertiary alicyclic amines) is 1. The van der Waals surface area contributed by atoms with Gasteiger partial charge in [-0.3, -0.25) is 4.90 Å². The van der Waals surface area contributed by atoms with Gasteiger partial charge in [0.25, 0.3) is 5.89 Å². The van der Waals surface area contributed by atoms with Crippen molar-refractivity contribution in [3.63, 3.8) is 0 Å². The highest BCUT2D eigenvalue weighted by atomic mass is 16.7. The highest BCUT2D eigenvalue weighted by Gasteiger charge is 2.34. The average molecular weight is 305 g/mol. The molecule has 0 amide bonds. The first-order chi connectivity index (χ1) is 10.9. The molecule has 118 valence electrons. The van der Waals surface area contributed by atoms with Crippen LogP contribution in [-0.4, -0.2) is 47.2 Å². The Morgan fingerprint density at radius 3 is 2.91 bits per heavy atom. The summed E-state index contributed by atoms with van der Waals surface area (Å²) in [6.45, 7) is 2.96. The molecular weight excluding hydrogens is 286 g/mol. The molecule has 0 bridgehead atoms. The molecule has 0 spiro atoms. The minimum Gasteiger partial charge on any atom is -0.459 e. The van der Waals surface area contributed by atoms with Crippen LogP contribution in [0.25, 0.3) is 11.7 Å². The minimum absolute atomic E-state index is 0.132. The molecule has 2 fully saturated rings. The first-order valence-corrected chi connectivity index (χ1v) is 7.74. The molecule has 2 saturated heterocycles. The van der Waals surface area contributed by atoms with Gasteiger partial charge in [0.1, 0.15) is 0 Å². The first kappa shape index (κ1) is 13.9. The quantitative estimate of drug-likeness (QED) is 0.856. The maximum absolute atomic E-state index is 5.70. The van der Waals surface area contributed by atoms with Crippen LogP contribution in [0.2, 0.25) is 0 Å². The van der Waals surface area contributed by atoms with Crippen LogP contribution in [0.4, 0.5) is 0 Å². The fourth-order valence-corrected chi connectivity index (χ4v) is 3.11.